The lowest BCUT2D eigenvalue weighted by Gasteiger charge is -2.07. The number of benzene rings is 2. The van der Waals surface area contributed by atoms with Crippen LogP contribution in [0.4, 0.5) is 0 Å². The van der Waals surface area contributed by atoms with Gasteiger partial charge >= 0.3 is 0 Å². The molecule has 0 atom stereocenters. The summed E-state index contributed by atoms with van der Waals surface area (Å²) in [6, 6.07) is 10.8. The molecule has 0 fully saturated rings. The van der Waals surface area contributed by atoms with Crippen LogP contribution in [0.15, 0.2) is 59.8 Å². The van der Waals surface area contributed by atoms with Crippen LogP contribution in [-0.2, 0) is 10.0 Å². The van der Waals surface area contributed by atoms with E-state index in [0.29, 0.717) is 22.0 Å². The molecule has 0 aliphatic heterocycles. The smallest absolute Gasteiger partial charge is 0.239 e. The second-order valence-electron chi connectivity index (χ2n) is 6.69. The number of nitrogens with zero attached hydrogens (tertiary/aromatic N) is 1. The summed E-state index contributed by atoms with van der Waals surface area (Å²) in [4.78, 5) is 19.9. The second-order valence-corrected chi connectivity index (χ2v) is 9.03. The molecule has 0 amide bonds. The summed E-state index contributed by atoms with van der Waals surface area (Å²) in [7, 11) is -2.54. The lowest BCUT2D eigenvalue weighted by atomic mass is 10.00. The number of sulfonamides is 1. The topological polar surface area (TPSA) is 115 Å². The van der Waals surface area contributed by atoms with E-state index in [1.807, 2.05) is 0 Å². The highest BCUT2D eigenvalue weighted by molar-refractivity contribution is 7.89. The number of aromatic nitrogens is 2. The van der Waals surface area contributed by atoms with Crippen molar-refractivity contribution in [3.63, 3.8) is 0 Å². The van der Waals surface area contributed by atoms with Crippen LogP contribution in [0.2, 0.25) is 10.0 Å². The lowest BCUT2D eigenvalue weighted by Crippen LogP contribution is -2.14. The Morgan fingerprint density at radius 1 is 1.03 bits per heavy atom. The highest BCUT2D eigenvalue weighted by atomic mass is 35.5. The van der Waals surface area contributed by atoms with E-state index < -0.39 is 10.0 Å². The number of methoxy groups -OCH3 is 1. The Labute approximate surface area is 187 Å². The zero-order valence-electron chi connectivity index (χ0n) is 16.0. The Kier molecular flexibility index (Phi) is 5.49. The average molecular weight is 476 g/mol. The number of ether oxygens (including phenoxy) is 1. The van der Waals surface area contributed by atoms with E-state index in [2.05, 4.69) is 9.97 Å². The number of nitrogens with two attached hydrogens (primary N) is 1. The van der Waals surface area contributed by atoms with Crippen molar-refractivity contribution in [1.82, 2.24) is 9.97 Å². The van der Waals surface area contributed by atoms with Gasteiger partial charge in [-0.25, -0.2) is 18.5 Å². The highest BCUT2D eigenvalue weighted by Crippen LogP contribution is 2.35. The van der Waals surface area contributed by atoms with E-state index in [9.17, 15) is 13.2 Å². The molecule has 0 unspecified atom stereocenters. The third kappa shape index (κ3) is 4.03. The van der Waals surface area contributed by atoms with Gasteiger partial charge in [-0.15, -0.1) is 0 Å². The first-order valence-corrected chi connectivity index (χ1v) is 11.2. The van der Waals surface area contributed by atoms with E-state index in [4.69, 9.17) is 33.1 Å². The molecule has 0 saturated heterocycles. The molecule has 4 rings (SSSR count). The Balaban J connectivity index is 1.76. The molecule has 10 heteroatoms. The molecule has 0 aliphatic carbocycles. The standard InChI is InChI=1S/C21H15Cl2N3O4S/c1-30-20-8-14(17(23)10-26-20)15-9-25-18-6-11(2-4-13(15)18)21(27)12-3-5-16(22)19(7-12)31(24,28)29/h2-10,25H,1H3,(H2,24,28,29). The van der Waals surface area contributed by atoms with Gasteiger partial charge in [0.15, 0.2) is 5.78 Å². The van der Waals surface area contributed by atoms with Gasteiger partial charge in [0.05, 0.1) is 23.4 Å². The molecule has 158 valence electrons. The molecule has 0 radical (unpaired) electrons. The summed E-state index contributed by atoms with van der Waals surface area (Å²) in [6.45, 7) is 0. The SMILES string of the molecule is COc1cc(-c2c[nH]c3cc(C(=O)c4ccc(Cl)c(S(N)(=O)=O)c4)ccc23)c(Cl)cn1. The van der Waals surface area contributed by atoms with E-state index >= 15 is 0 Å². The Bertz CT molecular complexity index is 1450. The van der Waals surface area contributed by atoms with Crippen LogP contribution < -0.4 is 9.88 Å². The number of aromatic amines is 1. The number of ketones is 1. The Morgan fingerprint density at radius 3 is 2.45 bits per heavy atom. The number of H-pyrrole nitrogens is 1. The van der Waals surface area contributed by atoms with E-state index in [1.165, 1.54) is 31.5 Å². The van der Waals surface area contributed by atoms with Gasteiger partial charge in [-0.2, -0.15) is 0 Å². The summed E-state index contributed by atoms with van der Waals surface area (Å²) >= 11 is 12.2. The monoisotopic (exact) mass is 475 g/mol. The van der Waals surface area contributed by atoms with Gasteiger partial charge in [-0.3, -0.25) is 4.79 Å². The van der Waals surface area contributed by atoms with Crippen molar-refractivity contribution in [3.05, 3.63) is 76.0 Å². The molecule has 2 heterocycles. The van der Waals surface area contributed by atoms with Crippen molar-refractivity contribution in [1.29, 1.82) is 0 Å². The van der Waals surface area contributed by atoms with Crippen molar-refractivity contribution >= 4 is 49.9 Å². The molecular formula is C21H15Cl2N3O4S. The number of carbonyl (C=O) groups is 1. The van der Waals surface area contributed by atoms with Gasteiger partial charge < -0.3 is 9.72 Å². The Hall–Kier alpha value is -2.91. The third-order valence-corrected chi connectivity index (χ3v) is 6.47. The fourth-order valence-electron chi connectivity index (χ4n) is 3.26. The van der Waals surface area contributed by atoms with Crippen LogP contribution in [-0.4, -0.2) is 31.3 Å². The lowest BCUT2D eigenvalue weighted by molar-refractivity contribution is 0.103. The second kappa shape index (κ2) is 7.97. The van der Waals surface area contributed by atoms with Crippen molar-refractivity contribution in [2.45, 2.75) is 4.90 Å². The van der Waals surface area contributed by atoms with Crippen LogP contribution >= 0.6 is 23.2 Å². The van der Waals surface area contributed by atoms with Gasteiger partial charge in [0, 0.05) is 45.4 Å². The zero-order chi connectivity index (χ0) is 22.3. The molecule has 0 spiro atoms. The first-order chi connectivity index (χ1) is 14.7. The minimum absolute atomic E-state index is 0.0480. The maximum absolute atomic E-state index is 13.0. The number of halogens is 2. The maximum atomic E-state index is 13.0. The number of rotatable bonds is 5. The summed E-state index contributed by atoms with van der Waals surface area (Å²) in [5.41, 5.74) is 2.77. The molecule has 2 aromatic heterocycles. The Morgan fingerprint density at radius 2 is 1.74 bits per heavy atom. The maximum Gasteiger partial charge on any atom is 0.239 e. The highest BCUT2D eigenvalue weighted by Gasteiger charge is 2.19. The van der Waals surface area contributed by atoms with E-state index in [0.717, 1.165) is 16.5 Å². The number of nitrogens with one attached hydrogen (secondary N) is 1. The molecule has 4 aromatic rings. The van der Waals surface area contributed by atoms with Crippen molar-refractivity contribution in [2.75, 3.05) is 7.11 Å². The van der Waals surface area contributed by atoms with Crippen LogP contribution in [0, 0.1) is 0 Å². The molecule has 31 heavy (non-hydrogen) atoms. The predicted octanol–water partition coefficient (Wildman–Crippen LogP) is 4.42. The summed E-state index contributed by atoms with van der Waals surface area (Å²) in [5.74, 6) is 0.0529. The normalized spacial score (nSPS) is 11.6. The number of hydrogen-bond donors (Lipinski definition) is 2. The number of pyridine rings is 1. The van der Waals surface area contributed by atoms with Gasteiger partial charge in [0.25, 0.3) is 0 Å². The van der Waals surface area contributed by atoms with Gasteiger partial charge in [0.2, 0.25) is 15.9 Å². The van der Waals surface area contributed by atoms with Crippen molar-refractivity contribution < 1.29 is 17.9 Å². The fraction of sp³-hybridized carbons (Fsp3) is 0.0476. The molecule has 0 saturated carbocycles. The largest absolute Gasteiger partial charge is 0.481 e. The van der Waals surface area contributed by atoms with Crippen LogP contribution in [0.25, 0.3) is 22.0 Å². The third-order valence-electron chi connectivity index (χ3n) is 4.77. The van der Waals surface area contributed by atoms with Gasteiger partial charge in [0.1, 0.15) is 4.90 Å². The number of carbonyl (C=O) groups excluding carboxylic acids is 1. The number of hydrogen-bond acceptors (Lipinski definition) is 5. The first kappa shape index (κ1) is 21.3. The molecule has 2 aromatic carbocycles. The molecule has 3 N–H and O–H groups in total. The minimum Gasteiger partial charge on any atom is -0.481 e. The summed E-state index contributed by atoms with van der Waals surface area (Å²) in [6.07, 6.45) is 3.29. The average Bonchev–Trinajstić information content (AvgIpc) is 3.16. The van der Waals surface area contributed by atoms with Crippen LogP contribution in [0.5, 0.6) is 5.88 Å². The number of fused-ring (bicyclic) bond motifs is 1. The molecular weight excluding hydrogens is 461 g/mol. The van der Waals surface area contributed by atoms with E-state index in [-0.39, 0.29) is 21.3 Å². The predicted molar refractivity (Wildman–Crippen MR) is 119 cm³/mol. The zero-order valence-corrected chi connectivity index (χ0v) is 18.3. The van der Waals surface area contributed by atoms with E-state index in [1.54, 1.807) is 30.5 Å². The molecule has 0 bridgehead atoms. The molecule has 7 nitrogen and oxygen atoms in total. The van der Waals surface area contributed by atoms with Gasteiger partial charge in [-0.05, 0) is 24.3 Å². The van der Waals surface area contributed by atoms with Crippen LogP contribution in [0.1, 0.15) is 15.9 Å². The van der Waals surface area contributed by atoms with Crippen LogP contribution in [0.3, 0.4) is 0 Å². The summed E-state index contributed by atoms with van der Waals surface area (Å²) in [5, 5.41) is 6.43. The van der Waals surface area contributed by atoms with Gasteiger partial charge in [-0.1, -0.05) is 35.3 Å². The fourth-order valence-corrected chi connectivity index (χ4v) is 4.53. The van der Waals surface area contributed by atoms with Crippen molar-refractivity contribution in [3.8, 4) is 17.0 Å². The number of primary sulfonamides is 1. The quantitative estimate of drug-likeness (QED) is 0.414. The first-order valence-electron chi connectivity index (χ1n) is 8.87. The minimum atomic E-state index is -4.06. The summed E-state index contributed by atoms with van der Waals surface area (Å²) < 4.78 is 28.6. The van der Waals surface area contributed by atoms with Crippen molar-refractivity contribution in [2.24, 2.45) is 5.14 Å². The molecule has 0 aliphatic rings.